The van der Waals surface area contributed by atoms with Crippen LogP contribution in [0.2, 0.25) is 0 Å². The quantitative estimate of drug-likeness (QED) is 0.641. The molecule has 5 nitrogen and oxygen atoms in total. The van der Waals surface area contributed by atoms with E-state index in [4.69, 9.17) is 11.6 Å². The van der Waals surface area contributed by atoms with Gasteiger partial charge in [-0.2, -0.15) is 4.80 Å². The number of nitrogens with one attached hydrogen (secondary N) is 1. The summed E-state index contributed by atoms with van der Waals surface area (Å²) in [6, 6.07) is 0.382. The molecule has 1 aromatic heterocycles. The third kappa shape index (κ3) is 3.15. The standard InChI is InChI=1S/C10H18ClN5/c1-16-14-10(13-15-16)7-12-9-6-4-2-3-5-8(9)11/h8-9,12H,2-7H2,1H3. The molecular weight excluding hydrogens is 226 g/mol. The molecule has 1 saturated carbocycles. The molecule has 0 spiro atoms. The van der Waals surface area contributed by atoms with Crippen LogP contribution in [-0.4, -0.2) is 31.6 Å². The summed E-state index contributed by atoms with van der Waals surface area (Å²) in [7, 11) is 1.77. The normalized spacial score (nSPS) is 26.6. The molecule has 6 heteroatoms. The van der Waals surface area contributed by atoms with Crippen molar-refractivity contribution in [3.05, 3.63) is 5.82 Å². The number of nitrogens with zero attached hydrogens (tertiary/aromatic N) is 4. The van der Waals surface area contributed by atoms with E-state index in [1.807, 2.05) is 0 Å². The zero-order valence-corrected chi connectivity index (χ0v) is 10.3. The van der Waals surface area contributed by atoms with Gasteiger partial charge < -0.3 is 5.32 Å². The van der Waals surface area contributed by atoms with E-state index in [1.54, 1.807) is 7.05 Å². The summed E-state index contributed by atoms with van der Waals surface area (Å²) in [5.41, 5.74) is 0. The lowest BCUT2D eigenvalue weighted by Crippen LogP contribution is -2.36. The molecule has 1 heterocycles. The maximum Gasteiger partial charge on any atom is 0.188 e. The highest BCUT2D eigenvalue weighted by Crippen LogP contribution is 2.22. The zero-order chi connectivity index (χ0) is 11.4. The second kappa shape index (κ2) is 5.59. The van der Waals surface area contributed by atoms with Gasteiger partial charge in [-0.15, -0.1) is 21.8 Å². The molecule has 0 radical (unpaired) electrons. The van der Waals surface area contributed by atoms with E-state index >= 15 is 0 Å². The van der Waals surface area contributed by atoms with Gasteiger partial charge in [0.2, 0.25) is 0 Å². The smallest absolute Gasteiger partial charge is 0.188 e. The van der Waals surface area contributed by atoms with Gasteiger partial charge in [-0.25, -0.2) is 0 Å². The number of halogens is 1. The number of hydrogen-bond acceptors (Lipinski definition) is 4. The Hall–Kier alpha value is -0.680. The van der Waals surface area contributed by atoms with Gasteiger partial charge in [-0.05, 0) is 18.1 Å². The van der Waals surface area contributed by atoms with Crippen LogP contribution in [0.3, 0.4) is 0 Å². The van der Waals surface area contributed by atoms with Gasteiger partial charge in [-0.3, -0.25) is 0 Å². The summed E-state index contributed by atoms with van der Waals surface area (Å²) in [5.74, 6) is 0.732. The Morgan fingerprint density at radius 1 is 1.38 bits per heavy atom. The van der Waals surface area contributed by atoms with Crippen LogP contribution in [0.5, 0.6) is 0 Å². The summed E-state index contributed by atoms with van der Waals surface area (Å²) >= 11 is 6.33. The van der Waals surface area contributed by atoms with Gasteiger partial charge in [0.15, 0.2) is 5.82 Å². The fraction of sp³-hybridized carbons (Fsp3) is 0.900. The number of tetrazole rings is 1. The minimum absolute atomic E-state index is 0.235. The van der Waals surface area contributed by atoms with Crippen molar-refractivity contribution < 1.29 is 0 Å². The Balaban J connectivity index is 1.83. The molecule has 0 aliphatic heterocycles. The van der Waals surface area contributed by atoms with Crippen molar-refractivity contribution in [2.45, 2.75) is 50.1 Å². The first-order valence-corrected chi connectivity index (χ1v) is 6.29. The van der Waals surface area contributed by atoms with E-state index in [0.717, 1.165) is 18.7 Å². The topological polar surface area (TPSA) is 55.6 Å². The zero-order valence-electron chi connectivity index (χ0n) is 9.56. The van der Waals surface area contributed by atoms with Crippen LogP contribution in [0, 0.1) is 0 Å². The summed E-state index contributed by atoms with van der Waals surface area (Å²) in [5, 5.41) is 15.5. The van der Waals surface area contributed by atoms with Crippen LogP contribution in [0.15, 0.2) is 0 Å². The van der Waals surface area contributed by atoms with Crippen LogP contribution in [-0.2, 0) is 13.6 Å². The summed E-state index contributed by atoms with van der Waals surface area (Å²) in [6.45, 7) is 0.654. The predicted octanol–water partition coefficient (Wildman–Crippen LogP) is 1.24. The average molecular weight is 244 g/mol. The van der Waals surface area contributed by atoms with Crippen molar-refractivity contribution in [3.8, 4) is 0 Å². The van der Waals surface area contributed by atoms with Crippen LogP contribution in [0.4, 0.5) is 0 Å². The van der Waals surface area contributed by atoms with E-state index in [0.29, 0.717) is 12.6 Å². The molecule has 2 atom stereocenters. The number of aromatic nitrogens is 4. The van der Waals surface area contributed by atoms with Gasteiger partial charge in [0, 0.05) is 11.4 Å². The molecule has 1 aliphatic rings. The number of rotatable bonds is 3. The Bertz CT molecular complexity index is 327. The van der Waals surface area contributed by atoms with Crippen molar-refractivity contribution in [1.29, 1.82) is 0 Å². The van der Waals surface area contributed by atoms with Gasteiger partial charge in [0.05, 0.1) is 13.6 Å². The Labute approximate surface area is 101 Å². The minimum Gasteiger partial charge on any atom is -0.305 e. The van der Waals surface area contributed by atoms with Crippen molar-refractivity contribution >= 4 is 11.6 Å². The second-order valence-corrected chi connectivity index (χ2v) is 4.90. The summed E-state index contributed by atoms with van der Waals surface area (Å²) in [4.78, 5) is 1.47. The van der Waals surface area contributed by atoms with E-state index in [1.165, 1.54) is 24.1 Å². The lowest BCUT2D eigenvalue weighted by atomic mass is 10.1. The lowest BCUT2D eigenvalue weighted by molar-refractivity contribution is 0.457. The van der Waals surface area contributed by atoms with Crippen LogP contribution < -0.4 is 5.32 Å². The summed E-state index contributed by atoms with van der Waals surface area (Å²) < 4.78 is 0. The Kier molecular flexibility index (Phi) is 4.12. The second-order valence-electron chi connectivity index (χ2n) is 4.34. The SMILES string of the molecule is Cn1nnc(CNC2CCCCCC2Cl)n1. The molecule has 0 bridgehead atoms. The predicted molar refractivity (Wildman–Crippen MR) is 62.2 cm³/mol. The fourth-order valence-corrected chi connectivity index (χ4v) is 2.48. The monoisotopic (exact) mass is 243 g/mol. The third-order valence-corrected chi connectivity index (χ3v) is 3.53. The van der Waals surface area contributed by atoms with Crippen LogP contribution in [0.25, 0.3) is 0 Å². The van der Waals surface area contributed by atoms with Gasteiger partial charge in [0.1, 0.15) is 0 Å². The molecule has 90 valence electrons. The van der Waals surface area contributed by atoms with Crippen molar-refractivity contribution in [2.24, 2.45) is 7.05 Å². The molecule has 1 N–H and O–H groups in total. The summed E-state index contributed by atoms with van der Waals surface area (Å²) in [6.07, 6.45) is 6.05. The van der Waals surface area contributed by atoms with E-state index in [9.17, 15) is 0 Å². The van der Waals surface area contributed by atoms with Crippen molar-refractivity contribution in [3.63, 3.8) is 0 Å². The number of aryl methyl sites for hydroxylation is 1. The molecule has 16 heavy (non-hydrogen) atoms. The van der Waals surface area contributed by atoms with Gasteiger partial charge >= 0.3 is 0 Å². The molecular formula is C10H18ClN5. The first-order chi connectivity index (χ1) is 7.75. The molecule has 0 aromatic carbocycles. The van der Waals surface area contributed by atoms with Crippen molar-refractivity contribution in [1.82, 2.24) is 25.5 Å². The Morgan fingerprint density at radius 3 is 2.94 bits per heavy atom. The number of hydrogen-bond donors (Lipinski definition) is 1. The highest BCUT2D eigenvalue weighted by atomic mass is 35.5. The average Bonchev–Trinajstić information content (AvgIpc) is 2.56. The number of alkyl halides is 1. The van der Waals surface area contributed by atoms with Crippen LogP contribution >= 0.6 is 11.6 Å². The molecule has 2 rings (SSSR count). The van der Waals surface area contributed by atoms with Gasteiger partial charge in [-0.1, -0.05) is 19.3 Å². The molecule has 0 saturated heterocycles. The van der Waals surface area contributed by atoms with Crippen LogP contribution in [0.1, 0.15) is 37.9 Å². The molecule has 2 unspecified atom stereocenters. The molecule has 1 aromatic rings. The highest BCUT2D eigenvalue weighted by Gasteiger charge is 2.21. The molecule has 1 aliphatic carbocycles. The Morgan fingerprint density at radius 2 is 2.19 bits per heavy atom. The van der Waals surface area contributed by atoms with Gasteiger partial charge in [0.25, 0.3) is 0 Å². The minimum atomic E-state index is 0.235. The first kappa shape index (κ1) is 11.8. The third-order valence-electron chi connectivity index (χ3n) is 3.00. The van der Waals surface area contributed by atoms with E-state index < -0.39 is 0 Å². The maximum atomic E-state index is 6.33. The molecule has 0 amide bonds. The van der Waals surface area contributed by atoms with E-state index in [2.05, 4.69) is 20.7 Å². The fourth-order valence-electron chi connectivity index (χ4n) is 2.11. The van der Waals surface area contributed by atoms with Crippen molar-refractivity contribution in [2.75, 3.05) is 0 Å². The highest BCUT2D eigenvalue weighted by molar-refractivity contribution is 6.21. The lowest BCUT2D eigenvalue weighted by Gasteiger charge is -2.20. The van der Waals surface area contributed by atoms with E-state index in [-0.39, 0.29) is 5.38 Å². The molecule has 1 fully saturated rings. The first-order valence-electron chi connectivity index (χ1n) is 5.86. The maximum absolute atomic E-state index is 6.33. The largest absolute Gasteiger partial charge is 0.305 e.